The number of H-pyrrole nitrogens is 1. The molecule has 2 bridgehead atoms. The largest absolute Gasteiger partial charge is 0.396 e. The highest BCUT2D eigenvalue weighted by Gasteiger charge is 2.45. The average molecular weight is 498 g/mol. The molecule has 2 aromatic carbocycles. The van der Waals surface area contributed by atoms with Gasteiger partial charge in [0.15, 0.2) is 5.69 Å². The predicted molar refractivity (Wildman–Crippen MR) is 148 cm³/mol. The molecule has 8 nitrogen and oxygen atoms in total. The number of fused-ring (bicyclic) bond motifs is 4. The van der Waals surface area contributed by atoms with E-state index in [9.17, 15) is 4.79 Å². The maximum absolute atomic E-state index is 11.6. The first kappa shape index (κ1) is 23.7. The van der Waals surface area contributed by atoms with Crippen molar-refractivity contribution in [3.05, 3.63) is 42.1 Å². The minimum atomic E-state index is -0.689. The van der Waals surface area contributed by atoms with E-state index in [0.717, 1.165) is 52.4 Å². The minimum Gasteiger partial charge on any atom is -0.396 e. The quantitative estimate of drug-likeness (QED) is 0.293. The van der Waals surface area contributed by atoms with E-state index in [-0.39, 0.29) is 11.4 Å². The molecule has 0 radical (unpaired) electrons. The number of anilines is 2. The van der Waals surface area contributed by atoms with Crippen molar-refractivity contribution in [2.45, 2.75) is 46.5 Å². The first-order chi connectivity index (χ1) is 17.7. The van der Waals surface area contributed by atoms with Crippen LogP contribution in [0, 0.1) is 29.1 Å². The Kier molecular flexibility index (Phi) is 5.58. The van der Waals surface area contributed by atoms with Gasteiger partial charge >= 0.3 is 0 Å². The lowest BCUT2D eigenvalue weighted by Crippen LogP contribution is -2.44. The van der Waals surface area contributed by atoms with E-state index in [1.165, 1.54) is 25.7 Å². The van der Waals surface area contributed by atoms with Gasteiger partial charge in [-0.05, 0) is 72.5 Å². The summed E-state index contributed by atoms with van der Waals surface area (Å²) in [6.45, 7) is 8.30. The summed E-state index contributed by atoms with van der Waals surface area (Å²) < 4.78 is 0. The third-order valence-electron chi connectivity index (χ3n) is 8.82. The second-order valence-electron chi connectivity index (χ2n) is 11.9. The number of carbonyl (C=O) groups excluding carboxylic acids is 1. The zero-order valence-electron chi connectivity index (χ0n) is 21.7. The number of nitrogen functional groups attached to an aromatic ring is 1. The summed E-state index contributed by atoms with van der Waals surface area (Å²) in [5, 5.41) is 12.5. The summed E-state index contributed by atoms with van der Waals surface area (Å²) in [4.78, 5) is 19.9. The van der Waals surface area contributed by atoms with Crippen molar-refractivity contribution >= 4 is 39.5 Å². The van der Waals surface area contributed by atoms with Crippen LogP contribution in [0.15, 0.2) is 36.4 Å². The molecule has 37 heavy (non-hydrogen) atoms. The number of amides is 1. The molecule has 1 amide bonds. The number of benzene rings is 2. The molecule has 5 unspecified atom stereocenters. The molecule has 0 saturated heterocycles. The van der Waals surface area contributed by atoms with Gasteiger partial charge in [-0.25, -0.2) is 4.98 Å². The fourth-order valence-electron chi connectivity index (χ4n) is 7.54. The van der Waals surface area contributed by atoms with E-state index in [1.807, 2.05) is 30.3 Å². The maximum Gasteiger partial charge on any atom is 0.271 e. The molecule has 0 spiro atoms. The second kappa shape index (κ2) is 8.71. The van der Waals surface area contributed by atoms with Gasteiger partial charge in [-0.3, -0.25) is 4.79 Å². The molecular formula is C29H35N7O. The normalized spacial score (nSPS) is 27.4. The summed E-state index contributed by atoms with van der Waals surface area (Å²) in [5.41, 5.74) is 16.7. The molecule has 2 aliphatic rings. The van der Waals surface area contributed by atoms with E-state index in [2.05, 4.69) is 47.3 Å². The Hall–Kier alpha value is -3.68. The van der Waals surface area contributed by atoms with Crippen molar-refractivity contribution in [3.8, 4) is 11.1 Å². The molecule has 8 heteroatoms. The highest BCUT2D eigenvalue weighted by atomic mass is 16.1. The third-order valence-corrected chi connectivity index (χ3v) is 8.82. The van der Waals surface area contributed by atoms with Crippen LogP contribution in [0.4, 0.5) is 11.6 Å². The van der Waals surface area contributed by atoms with E-state index < -0.39 is 5.91 Å². The molecule has 2 aromatic heterocycles. The van der Waals surface area contributed by atoms with Crippen molar-refractivity contribution in [1.29, 1.82) is 0 Å². The molecule has 6 N–H and O–H groups in total. The van der Waals surface area contributed by atoms with Gasteiger partial charge in [0.1, 0.15) is 5.52 Å². The Labute approximate surface area is 216 Å². The number of nitrogens with zero attached hydrogens (tertiary/aromatic N) is 3. The molecular weight excluding hydrogens is 462 g/mol. The van der Waals surface area contributed by atoms with Crippen LogP contribution in [0.1, 0.15) is 56.9 Å². The van der Waals surface area contributed by atoms with Crippen molar-refractivity contribution < 1.29 is 4.79 Å². The number of carbonyl (C=O) groups is 1. The van der Waals surface area contributed by atoms with Crippen LogP contribution in [0.25, 0.3) is 33.1 Å². The molecule has 6 rings (SSSR count). The van der Waals surface area contributed by atoms with Gasteiger partial charge in [-0.1, -0.05) is 45.0 Å². The highest BCUT2D eigenvalue weighted by Crippen LogP contribution is 2.54. The number of imidazole rings is 1. The molecule has 5 atom stereocenters. The van der Waals surface area contributed by atoms with Gasteiger partial charge in [0.2, 0.25) is 5.95 Å². The topological polar surface area (TPSA) is 136 Å². The maximum atomic E-state index is 11.6. The van der Waals surface area contributed by atoms with Crippen molar-refractivity contribution in [1.82, 2.24) is 20.2 Å². The first-order valence-electron chi connectivity index (χ1n) is 13.3. The minimum absolute atomic E-state index is 0.0102. The van der Waals surface area contributed by atoms with Crippen LogP contribution < -0.4 is 16.8 Å². The molecule has 2 saturated carbocycles. The van der Waals surface area contributed by atoms with E-state index >= 15 is 0 Å². The van der Waals surface area contributed by atoms with Crippen molar-refractivity contribution in [3.63, 3.8) is 0 Å². The van der Waals surface area contributed by atoms with Gasteiger partial charge < -0.3 is 21.8 Å². The summed E-state index contributed by atoms with van der Waals surface area (Å²) in [5.74, 6) is 3.12. The SMILES string of the molecule is CC1CC2CC(C)(C1)CC(C)C2CNc1nc2ccc(-c3cccc4c(N)c(C(N)=O)nnc34)cc2[nH]1. The number of primary amides is 1. The van der Waals surface area contributed by atoms with E-state index in [1.54, 1.807) is 0 Å². The lowest BCUT2D eigenvalue weighted by atomic mass is 9.54. The monoisotopic (exact) mass is 497 g/mol. The van der Waals surface area contributed by atoms with Crippen LogP contribution >= 0.6 is 0 Å². The fourth-order valence-corrected chi connectivity index (χ4v) is 7.54. The molecule has 2 fully saturated rings. The molecule has 4 aromatic rings. The average Bonchev–Trinajstić information content (AvgIpc) is 3.24. The number of rotatable bonds is 5. The Bertz CT molecular complexity index is 1510. The van der Waals surface area contributed by atoms with E-state index in [4.69, 9.17) is 16.5 Å². The summed E-state index contributed by atoms with van der Waals surface area (Å²) in [6.07, 6.45) is 5.40. The smallest absolute Gasteiger partial charge is 0.271 e. The van der Waals surface area contributed by atoms with Gasteiger partial charge in [-0.15, -0.1) is 10.2 Å². The number of aromatic nitrogens is 4. The Morgan fingerprint density at radius 1 is 1.16 bits per heavy atom. The number of hydrogen-bond donors (Lipinski definition) is 4. The standard InChI is InChI=1S/C29H35N7O/c1-15-9-18-13-29(3,11-15)12-16(2)21(18)14-32-28-33-22-8-7-17(10-23(22)34-28)19-5-4-6-20-24(30)26(27(31)37)36-35-25(19)20/h4-8,10,15-16,18,21H,9,11-14H2,1-3H3,(H2,30,35)(H2,31,37)(H2,32,33,34). The summed E-state index contributed by atoms with van der Waals surface area (Å²) in [6, 6.07) is 11.8. The van der Waals surface area contributed by atoms with Gasteiger partial charge in [-0.2, -0.15) is 0 Å². The zero-order chi connectivity index (χ0) is 25.9. The lowest BCUT2D eigenvalue weighted by Gasteiger charge is -2.52. The highest BCUT2D eigenvalue weighted by molar-refractivity contribution is 6.07. The Morgan fingerprint density at radius 2 is 2.00 bits per heavy atom. The number of nitrogens with one attached hydrogen (secondary N) is 2. The fraction of sp³-hybridized carbons (Fsp3) is 0.448. The number of nitrogens with two attached hydrogens (primary N) is 2. The predicted octanol–water partition coefficient (Wildman–Crippen LogP) is 5.36. The first-order valence-corrected chi connectivity index (χ1v) is 13.3. The van der Waals surface area contributed by atoms with E-state index in [0.29, 0.717) is 22.2 Å². The van der Waals surface area contributed by atoms with Gasteiger partial charge in [0, 0.05) is 17.5 Å². The molecule has 2 heterocycles. The number of aromatic amines is 1. The molecule has 2 aliphatic carbocycles. The van der Waals surface area contributed by atoms with Crippen LogP contribution in [-0.4, -0.2) is 32.6 Å². The molecule has 192 valence electrons. The van der Waals surface area contributed by atoms with Crippen molar-refractivity contribution in [2.75, 3.05) is 17.6 Å². The zero-order valence-corrected chi connectivity index (χ0v) is 21.7. The lowest BCUT2D eigenvalue weighted by molar-refractivity contribution is -0.00934. The Balaban J connectivity index is 1.26. The summed E-state index contributed by atoms with van der Waals surface area (Å²) in [7, 11) is 0. The second-order valence-corrected chi connectivity index (χ2v) is 11.9. The summed E-state index contributed by atoms with van der Waals surface area (Å²) >= 11 is 0. The third kappa shape index (κ3) is 4.18. The van der Waals surface area contributed by atoms with Crippen LogP contribution in [0.3, 0.4) is 0 Å². The molecule has 0 aliphatic heterocycles. The van der Waals surface area contributed by atoms with Crippen LogP contribution in [-0.2, 0) is 0 Å². The van der Waals surface area contributed by atoms with Crippen LogP contribution in [0.5, 0.6) is 0 Å². The van der Waals surface area contributed by atoms with Crippen molar-refractivity contribution in [2.24, 2.45) is 34.8 Å². The van der Waals surface area contributed by atoms with Gasteiger partial charge in [0.25, 0.3) is 5.91 Å². The number of hydrogen-bond acceptors (Lipinski definition) is 6. The van der Waals surface area contributed by atoms with Gasteiger partial charge in [0.05, 0.1) is 16.7 Å². The Morgan fingerprint density at radius 3 is 2.81 bits per heavy atom. The van der Waals surface area contributed by atoms with Crippen LogP contribution in [0.2, 0.25) is 0 Å².